The van der Waals surface area contributed by atoms with Crippen molar-refractivity contribution in [1.29, 1.82) is 0 Å². The summed E-state index contributed by atoms with van der Waals surface area (Å²) in [5.41, 5.74) is 6.50. The third-order valence-electron chi connectivity index (χ3n) is 7.05. The van der Waals surface area contributed by atoms with Crippen molar-refractivity contribution < 1.29 is 19.2 Å². The summed E-state index contributed by atoms with van der Waals surface area (Å²) in [5, 5.41) is 13.2. The first-order chi connectivity index (χ1) is 18.6. The highest BCUT2D eigenvalue weighted by Crippen LogP contribution is 2.43. The number of pyridine rings is 1. The first kappa shape index (κ1) is 26.4. The van der Waals surface area contributed by atoms with Crippen molar-refractivity contribution in [2.24, 2.45) is 11.7 Å². The Morgan fingerprint density at radius 1 is 1.13 bits per heavy atom. The van der Waals surface area contributed by atoms with E-state index in [1.807, 2.05) is 13.8 Å². The van der Waals surface area contributed by atoms with Crippen LogP contribution in [0.15, 0.2) is 36.4 Å². The number of hydrogen-bond donors (Lipinski definition) is 4. The number of urea groups is 1. The Kier molecular flexibility index (Phi) is 7.13. The fraction of sp³-hybridized carbons (Fsp3) is 0.385. The Labute approximate surface area is 229 Å². The second kappa shape index (κ2) is 10.5. The number of halogens is 1. The van der Waals surface area contributed by atoms with E-state index in [1.165, 1.54) is 4.68 Å². The van der Waals surface area contributed by atoms with Crippen molar-refractivity contribution >= 4 is 57.8 Å². The first-order valence-corrected chi connectivity index (χ1v) is 13.1. The molecule has 1 saturated heterocycles. The average Bonchev–Trinajstić information content (AvgIpc) is 3.57. The average molecular weight is 553 g/mol. The van der Waals surface area contributed by atoms with Gasteiger partial charge in [0, 0.05) is 23.2 Å². The molecule has 2 fully saturated rings. The predicted molar refractivity (Wildman–Crippen MR) is 145 cm³/mol. The predicted octanol–water partition coefficient (Wildman–Crippen LogP) is 2.73. The Bertz CT molecular complexity index is 1470. The summed E-state index contributed by atoms with van der Waals surface area (Å²) < 4.78 is 1.41. The van der Waals surface area contributed by atoms with Gasteiger partial charge in [0.1, 0.15) is 23.6 Å². The molecule has 2 aromatic heterocycles. The number of likely N-dealkylation sites (tertiary alicyclic amines) is 1. The summed E-state index contributed by atoms with van der Waals surface area (Å²) >= 11 is 5.95. The number of carbonyl (C=O) groups is 4. The number of piperidine rings is 1. The van der Waals surface area contributed by atoms with Crippen LogP contribution in [0.1, 0.15) is 43.6 Å². The monoisotopic (exact) mass is 552 g/mol. The molecule has 0 spiro atoms. The maximum absolute atomic E-state index is 13.6. The van der Waals surface area contributed by atoms with Gasteiger partial charge in [-0.25, -0.2) is 9.78 Å². The van der Waals surface area contributed by atoms with Crippen molar-refractivity contribution in [3.05, 3.63) is 47.2 Å². The van der Waals surface area contributed by atoms with Crippen LogP contribution in [0.4, 0.5) is 16.3 Å². The molecule has 1 aliphatic heterocycles. The zero-order chi connectivity index (χ0) is 27.8. The van der Waals surface area contributed by atoms with Gasteiger partial charge in [0.15, 0.2) is 5.69 Å². The third kappa shape index (κ3) is 5.37. The molecule has 39 heavy (non-hydrogen) atoms. The minimum atomic E-state index is -0.763. The fourth-order valence-corrected chi connectivity index (χ4v) is 5.72. The molecule has 0 radical (unpaired) electrons. The van der Waals surface area contributed by atoms with Crippen LogP contribution in [0.25, 0.3) is 10.9 Å². The number of hydrogen-bond acceptors (Lipinski definition) is 6. The number of carbonyl (C=O) groups excluding carboxylic acids is 4. The van der Waals surface area contributed by atoms with Gasteiger partial charge < -0.3 is 26.6 Å². The lowest BCUT2D eigenvalue weighted by molar-refractivity contribution is -0.141. The smallest absolute Gasteiger partial charge is 0.319 e. The topological polar surface area (TPSA) is 164 Å². The quantitative estimate of drug-likeness (QED) is 0.329. The van der Waals surface area contributed by atoms with E-state index in [4.69, 9.17) is 17.3 Å². The van der Waals surface area contributed by atoms with E-state index in [-0.39, 0.29) is 47.2 Å². The lowest BCUT2D eigenvalue weighted by Crippen LogP contribution is -2.52. The normalized spacial score (nSPS) is 19.9. The summed E-state index contributed by atoms with van der Waals surface area (Å²) in [6.07, 6.45) is 2.41. The molecule has 5 N–H and O–H groups in total. The van der Waals surface area contributed by atoms with Crippen LogP contribution in [-0.4, -0.2) is 61.5 Å². The molecule has 5 amide bonds. The van der Waals surface area contributed by atoms with Crippen molar-refractivity contribution in [2.45, 2.75) is 57.8 Å². The molecule has 1 aliphatic carbocycles. The molecule has 3 atom stereocenters. The summed E-state index contributed by atoms with van der Waals surface area (Å²) in [4.78, 5) is 57.0. The largest absolute Gasteiger partial charge is 0.364 e. The molecule has 2 aliphatic rings. The number of fused-ring (bicyclic) bond motifs is 3. The molecule has 12 nitrogen and oxygen atoms in total. The highest BCUT2D eigenvalue weighted by molar-refractivity contribution is 6.29. The zero-order valence-corrected chi connectivity index (χ0v) is 22.2. The fourth-order valence-electron chi connectivity index (χ4n) is 5.56. The number of nitrogens with two attached hydrogens (primary N) is 1. The maximum Gasteiger partial charge on any atom is 0.319 e. The Morgan fingerprint density at radius 2 is 1.92 bits per heavy atom. The molecular weight excluding hydrogens is 524 g/mol. The molecule has 1 aromatic carbocycles. The van der Waals surface area contributed by atoms with Gasteiger partial charge in [-0.05, 0) is 69.4 Å². The van der Waals surface area contributed by atoms with Crippen LogP contribution in [0.3, 0.4) is 0 Å². The van der Waals surface area contributed by atoms with Crippen molar-refractivity contribution in [2.75, 3.05) is 10.6 Å². The van der Waals surface area contributed by atoms with Crippen LogP contribution in [-0.2, 0) is 16.1 Å². The van der Waals surface area contributed by atoms with E-state index in [9.17, 15) is 19.2 Å². The van der Waals surface area contributed by atoms with Crippen LogP contribution in [0, 0.1) is 5.92 Å². The number of nitrogens with one attached hydrogen (secondary N) is 3. The molecule has 0 unspecified atom stereocenters. The number of anilines is 2. The van der Waals surface area contributed by atoms with Gasteiger partial charge >= 0.3 is 6.03 Å². The Balaban J connectivity index is 1.38. The summed E-state index contributed by atoms with van der Waals surface area (Å²) in [6, 6.07) is 8.69. The Morgan fingerprint density at radius 3 is 2.64 bits per heavy atom. The second-order valence-electron chi connectivity index (χ2n) is 10.2. The van der Waals surface area contributed by atoms with Crippen LogP contribution in [0.5, 0.6) is 0 Å². The minimum absolute atomic E-state index is 0.0185. The number of primary amides is 1. The van der Waals surface area contributed by atoms with E-state index in [1.54, 1.807) is 41.3 Å². The SMILES string of the molecule is CC(C)NC(=O)Nc1ccc2c(c1)c(C(N)=O)nn2CC(=O)N1[C@@H]2CC[C@@H](C2)[C@H]1C(=O)Nc1cccc(Cl)n1. The van der Waals surface area contributed by atoms with E-state index in [2.05, 4.69) is 26.0 Å². The Hall–Kier alpha value is -4.19. The van der Waals surface area contributed by atoms with Gasteiger partial charge in [-0.1, -0.05) is 17.7 Å². The van der Waals surface area contributed by atoms with E-state index >= 15 is 0 Å². The highest BCUT2D eigenvalue weighted by atomic mass is 35.5. The van der Waals surface area contributed by atoms with E-state index < -0.39 is 18.0 Å². The van der Waals surface area contributed by atoms with Crippen molar-refractivity contribution in [3.63, 3.8) is 0 Å². The van der Waals surface area contributed by atoms with Crippen LogP contribution in [0.2, 0.25) is 5.15 Å². The van der Waals surface area contributed by atoms with Crippen LogP contribution >= 0.6 is 11.6 Å². The molecule has 5 rings (SSSR count). The van der Waals surface area contributed by atoms with Gasteiger partial charge in [0.2, 0.25) is 11.8 Å². The zero-order valence-electron chi connectivity index (χ0n) is 21.5. The number of amides is 5. The second-order valence-corrected chi connectivity index (χ2v) is 10.6. The first-order valence-electron chi connectivity index (χ1n) is 12.7. The summed E-state index contributed by atoms with van der Waals surface area (Å²) in [5.74, 6) is -1.01. The lowest BCUT2D eigenvalue weighted by atomic mass is 9.97. The van der Waals surface area contributed by atoms with Crippen molar-refractivity contribution in [1.82, 2.24) is 25.0 Å². The van der Waals surface area contributed by atoms with Gasteiger partial charge in [0.05, 0.1) is 5.52 Å². The molecule has 2 bridgehead atoms. The van der Waals surface area contributed by atoms with Gasteiger partial charge in [-0.2, -0.15) is 5.10 Å². The number of aromatic nitrogens is 3. The van der Waals surface area contributed by atoms with Gasteiger partial charge in [0.25, 0.3) is 5.91 Å². The standard InChI is InChI=1S/C26H29ClN8O4/c1-13(2)29-26(39)30-15-7-9-18-17(11-15)22(24(28)37)33-34(18)12-21(36)35-16-8-6-14(10-16)23(35)25(38)32-20-5-3-4-19(27)31-20/h3-5,7,9,11,13-14,16,23H,6,8,10,12H2,1-2H3,(H2,28,37)(H2,29,30,39)(H,31,32,38)/t14-,16+,23-/m0/s1. The molecule has 3 aromatic rings. The minimum Gasteiger partial charge on any atom is -0.364 e. The maximum atomic E-state index is 13.6. The molecule has 1 saturated carbocycles. The van der Waals surface area contributed by atoms with Gasteiger partial charge in [-0.3, -0.25) is 19.1 Å². The third-order valence-corrected chi connectivity index (χ3v) is 7.27. The number of benzene rings is 1. The highest BCUT2D eigenvalue weighted by Gasteiger charge is 2.51. The molecule has 13 heteroatoms. The summed E-state index contributed by atoms with van der Waals surface area (Å²) in [6.45, 7) is 3.49. The van der Waals surface area contributed by atoms with Crippen LogP contribution < -0.4 is 21.7 Å². The summed E-state index contributed by atoms with van der Waals surface area (Å²) in [7, 11) is 0. The van der Waals surface area contributed by atoms with Gasteiger partial charge in [-0.15, -0.1) is 0 Å². The molecule has 204 valence electrons. The van der Waals surface area contributed by atoms with E-state index in [0.717, 1.165) is 19.3 Å². The number of nitrogens with zero attached hydrogens (tertiary/aromatic N) is 4. The molecule has 3 heterocycles. The molecular formula is C26H29ClN8O4. The number of rotatable bonds is 7. The van der Waals surface area contributed by atoms with Crippen molar-refractivity contribution in [3.8, 4) is 0 Å². The van der Waals surface area contributed by atoms with E-state index in [0.29, 0.717) is 22.4 Å². The lowest BCUT2D eigenvalue weighted by Gasteiger charge is -2.34.